The molecular weight excluding hydrogens is 262 g/mol. The maximum Gasteiger partial charge on any atom is 0.339 e. The Hall–Kier alpha value is -2.83. The number of carboxylic acid groups (broad SMARTS) is 1. The average molecular weight is 275 g/mol. The number of rotatable bonds is 4. The third-order valence-corrected chi connectivity index (χ3v) is 2.74. The summed E-state index contributed by atoms with van der Waals surface area (Å²) in [7, 11) is 3.03. The van der Waals surface area contributed by atoms with Crippen LogP contribution in [-0.4, -0.2) is 33.9 Å². The van der Waals surface area contributed by atoms with Gasteiger partial charge in [0.15, 0.2) is 0 Å². The van der Waals surface area contributed by atoms with Crippen molar-refractivity contribution in [3.05, 3.63) is 41.7 Å². The molecule has 7 heteroatoms. The number of carboxylic acids is 1. The highest BCUT2D eigenvalue weighted by atomic mass is 16.5. The van der Waals surface area contributed by atoms with E-state index in [2.05, 4.69) is 10.4 Å². The Kier molecular flexibility index (Phi) is 3.69. The van der Waals surface area contributed by atoms with Crippen LogP contribution in [0.15, 0.2) is 30.5 Å². The molecule has 2 aromatic rings. The van der Waals surface area contributed by atoms with Crippen molar-refractivity contribution < 1.29 is 19.4 Å². The highest BCUT2D eigenvalue weighted by Gasteiger charge is 2.14. The maximum atomic E-state index is 12.0. The van der Waals surface area contributed by atoms with Crippen molar-refractivity contribution >= 4 is 17.6 Å². The van der Waals surface area contributed by atoms with E-state index in [0.717, 1.165) is 0 Å². The van der Waals surface area contributed by atoms with Crippen LogP contribution in [0.2, 0.25) is 0 Å². The Morgan fingerprint density at radius 3 is 2.65 bits per heavy atom. The number of nitrogens with zero attached hydrogens (tertiary/aromatic N) is 2. The van der Waals surface area contributed by atoms with Gasteiger partial charge in [-0.2, -0.15) is 5.10 Å². The maximum absolute atomic E-state index is 12.0. The van der Waals surface area contributed by atoms with E-state index < -0.39 is 5.97 Å². The fourth-order valence-corrected chi connectivity index (χ4v) is 1.74. The minimum absolute atomic E-state index is 0.0334. The van der Waals surface area contributed by atoms with Crippen molar-refractivity contribution in [3.63, 3.8) is 0 Å². The summed E-state index contributed by atoms with van der Waals surface area (Å²) in [6.45, 7) is 0. The molecule has 2 rings (SSSR count). The number of ether oxygens (including phenoxy) is 1. The van der Waals surface area contributed by atoms with Gasteiger partial charge in [-0.25, -0.2) is 4.79 Å². The molecular formula is C13H13N3O4. The van der Waals surface area contributed by atoms with E-state index in [1.165, 1.54) is 36.2 Å². The van der Waals surface area contributed by atoms with E-state index in [1.54, 1.807) is 13.1 Å². The second kappa shape index (κ2) is 5.43. The zero-order valence-corrected chi connectivity index (χ0v) is 11.0. The van der Waals surface area contributed by atoms with Gasteiger partial charge in [0, 0.05) is 25.0 Å². The molecule has 0 unspecified atom stereocenters. The van der Waals surface area contributed by atoms with E-state index in [0.29, 0.717) is 11.4 Å². The first-order chi connectivity index (χ1) is 9.52. The van der Waals surface area contributed by atoms with Gasteiger partial charge in [0.05, 0.1) is 7.11 Å². The molecule has 7 nitrogen and oxygen atoms in total. The highest BCUT2D eigenvalue weighted by Crippen LogP contribution is 2.23. The average Bonchev–Trinajstić information content (AvgIpc) is 2.84. The molecule has 0 fully saturated rings. The minimum Gasteiger partial charge on any atom is -0.496 e. The lowest BCUT2D eigenvalue weighted by molar-refractivity contribution is 0.0693. The number of carbonyl (C=O) groups is 2. The molecule has 0 saturated carbocycles. The van der Waals surface area contributed by atoms with E-state index in [4.69, 9.17) is 9.84 Å². The Bertz CT molecular complexity index is 663. The molecule has 0 atom stereocenters. The predicted molar refractivity (Wildman–Crippen MR) is 71.1 cm³/mol. The third kappa shape index (κ3) is 2.61. The summed E-state index contributed by atoms with van der Waals surface area (Å²) in [6.07, 6.45) is 1.52. The van der Waals surface area contributed by atoms with Gasteiger partial charge in [-0.05, 0) is 18.2 Å². The molecule has 104 valence electrons. The lowest BCUT2D eigenvalue weighted by Gasteiger charge is -2.09. The largest absolute Gasteiger partial charge is 0.496 e. The van der Waals surface area contributed by atoms with Crippen molar-refractivity contribution in [1.29, 1.82) is 0 Å². The Morgan fingerprint density at radius 2 is 2.10 bits per heavy atom. The quantitative estimate of drug-likeness (QED) is 0.879. The number of hydrogen-bond acceptors (Lipinski definition) is 4. The van der Waals surface area contributed by atoms with Crippen molar-refractivity contribution in [2.24, 2.45) is 7.05 Å². The number of aryl methyl sites for hydroxylation is 1. The van der Waals surface area contributed by atoms with E-state index in [1.807, 2.05) is 0 Å². The van der Waals surface area contributed by atoms with Crippen LogP contribution in [0.1, 0.15) is 20.8 Å². The Labute approximate surface area is 114 Å². The number of aromatic carboxylic acids is 1. The van der Waals surface area contributed by atoms with Gasteiger partial charge in [0.1, 0.15) is 17.0 Å². The first-order valence-corrected chi connectivity index (χ1v) is 5.73. The van der Waals surface area contributed by atoms with Gasteiger partial charge < -0.3 is 15.2 Å². The smallest absolute Gasteiger partial charge is 0.339 e. The number of methoxy groups -OCH3 is 1. The monoisotopic (exact) mass is 275 g/mol. The number of hydrogen-bond donors (Lipinski definition) is 2. The number of amides is 1. The molecule has 1 heterocycles. The molecule has 0 aliphatic rings. The van der Waals surface area contributed by atoms with Crippen LogP contribution in [0.3, 0.4) is 0 Å². The van der Waals surface area contributed by atoms with E-state index >= 15 is 0 Å². The zero-order valence-electron chi connectivity index (χ0n) is 11.0. The predicted octanol–water partition coefficient (Wildman–Crippen LogP) is 1.38. The van der Waals surface area contributed by atoms with Crippen LogP contribution < -0.4 is 10.1 Å². The lowest BCUT2D eigenvalue weighted by atomic mass is 10.2. The summed E-state index contributed by atoms with van der Waals surface area (Å²) >= 11 is 0. The van der Waals surface area contributed by atoms with Gasteiger partial charge in [0.25, 0.3) is 5.91 Å². The first-order valence-electron chi connectivity index (χ1n) is 5.73. The third-order valence-electron chi connectivity index (χ3n) is 2.74. The molecule has 0 bridgehead atoms. The molecule has 0 spiro atoms. The molecule has 0 radical (unpaired) electrons. The van der Waals surface area contributed by atoms with Crippen LogP contribution in [0.25, 0.3) is 0 Å². The number of aromatic nitrogens is 2. The van der Waals surface area contributed by atoms with E-state index in [9.17, 15) is 9.59 Å². The van der Waals surface area contributed by atoms with Gasteiger partial charge in [0.2, 0.25) is 0 Å². The molecule has 2 N–H and O–H groups in total. The summed E-state index contributed by atoms with van der Waals surface area (Å²) < 4.78 is 6.44. The van der Waals surface area contributed by atoms with Crippen LogP contribution in [-0.2, 0) is 7.05 Å². The Balaban J connectivity index is 2.24. The standard InChI is InChI=1S/C13H13N3O4/c1-16-10(5-6-14-16)12(17)15-8-3-4-9(13(18)19)11(7-8)20-2/h3-7H,1-2H3,(H,15,17)(H,18,19). The number of carbonyl (C=O) groups excluding carboxylic acids is 1. The SMILES string of the molecule is COc1cc(NC(=O)c2ccnn2C)ccc1C(=O)O. The van der Waals surface area contributed by atoms with Crippen LogP contribution in [0.4, 0.5) is 5.69 Å². The Morgan fingerprint density at radius 1 is 1.35 bits per heavy atom. The van der Waals surface area contributed by atoms with Crippen LogP contribution >= 0.6 is 0 Å². The van der Waals surface area contributed by atoms with Gasteiger partial charge in [-0.15, -0.1) is 0 Å². The molecule has 0 aliphatic heterocycles. The minimum atomic E-state index is -1.09. The van der Waals surface area contributed by atoms with Crippen molar-refractivity contribution in [2.45, 2.75) is 0 Å². The number of nitrogens with one attached hydrogen (secondary N) is 1. The molecule has 1 amide bonds. The zero-order chi connectivity index (χ0) is 14.7. The fraction of sp³-hybridized carbons (Fsp3) is 0.154. The van der Waals surface area contributed by atoms with Gasteiger partial charge in [-0.1, -0.05) is 0 Å². The summed E-state index contributed by atoms with van der Waals surface area (Å²) in [4.78, 5) is 23.0. The second-order valence-corrected chi connectivity index (χ2v) is 4.01. The highest BCUT2D eigenvalue weighted by molar-refractivity contribution is 6.03. The molecule has 20 heavy (non-hydrogen) atoms. The lowest BCUT2D eigenvalue weighted by Crippen LogP contribution is -2.16. The van der Waals surface area contributed by atoms with Gasteiger partial charge in [-0.3, -0.25) is 9.48 Å². The summed E-state index contributed by atoms with van der Waals surface area (Å²) in [5.74, 6) is -1.25. The van der Waals surface area contributed by atoms with Crippen LogP contribution in [0.5, 0.6) is 5.75 Å². The topological polar surface area (TPSA) is 93.5 Å². The number of benzene rings is 1. The molecule has 0 aliphatic carbocycles. The molecule has 1 aromatic heterocycles. The van der Waals surface area contributed by atoms with Crippen molar-refractivity contribution in [3.8, 4) is 5.75 Å². The second-order valence-electron chi connectivity index (χ2n) is 4.01. The van der Waals surface area contributed by atoms with Crippen molar-refractivity contribution in [1.82, 2.24) is 9.78 Å². The van der Waals surface area contributed by atoms with Crippen molar-refractivity contribution in [2.75, 3.05) is 12.4 Å². The molecule has 1 aromatic carbocycles. The summed E-state index contributed by atoms with van der Waals surface area (Å²) in [6, 6.07) is 5.91. The normalized spacial score (nSPS) is 10.1. The first kappa shape index (κ1) is 13.6. The molecule has 0 saturated heterocycles. The summed E-state index contributed by atoms with van der Waals surface area (Å²) in [5, 5.41) is 15.5. The summed E-state index contributed by atoms with van der Waals surface area (Å²) in [5.41, 5.74) is 0.871. The van der Waals surface area contributed by atoms with Crippen LogP contribution in [0, 0.1) is 0 Å². The van der Waals surface area contributed by atoms with E-state index in [-0.39, 0.29) is 17.2 Å². The fourth-order valence-electron chi connectivity index (χ4n) is 1.74. The van der Waals surface area contributed by atoms with Gasteiger partial charge >= 0.3 is 5.97 Å². The number of anilines is 1.